The molecule has 4 aliphatic rings. The summed E-state index contributed by atoms with van der Waals surface area (Å²) in [4.78, 5) is 39.4. The second kappa shape index (κ2) is 13.0. The third-order valence-corrected chi connectivity index (χ3v) is 14.1. The average molecular weight is 634 g/mol. The molecule has 0 aromatic heterocycles. The number of hydrogen-bond acceptors (Lipinski definition) is 5. The second-order valence-electron chi connectivity index (χ2n) is 18.4. The Labute approximate surface area is 280 Å². The van der Waals surface area contributed by atoms with Gasteiger partial charge in [-0.25, -0.2) is 0 Å². The standard InChI is InChI=1S/C41H63NO4/c1-28-25-36(3,4)20-22-41(28,19-17-34(44)46-31-14-12-11-13-15-31)23-21-37(5,6)40(10)18-16-32-38(7,8)35(45)30(27-42)26-39(32,9)33(40)24-29(2)43/h24,26,28,31-32H,11-23,25H2,1-10H3/b33-24-/t28?,32-,39-,40+,41+/m0/s1. The number of Topliss-reactive ketones (excluding diaryl/α,β-unsaturated/α-hetero) is 1. The molecule has 4 aliphatic carbocycles. The summed E-state index contributed by atoms with van der Waals surface area (Å²) in [6.07, 6.45) is 17.9. The smallest absolute Gasteiger partial charge is 0.306 e. The predicted octanol–water partition coefficient (Wildman–Crippen LogP) is 10.3. The van der Waals surface area contributed by atoms with Gasteiger partial charge >= 0.3 is 5.97 Å². The quantitative estimate of drug-likeness (QED) is 0.186. The van der Waals surface area contributed by atoms with E-state index in [2.05, 4.69) is 54.5 Å². The van der Waals surface area contributed by atoms with E-state index in [1.54, 1.807) is 6.92 Å². The van der Waals surface area contributed by atoms with Gasteiger partial charge in [-0.1, -0.05) is 80.4 Å². The Morgan fingerprint density at radius 3 is 2.24 bits per heavy atom. The zero-order valence-corrected chi connectivity index (χ0v) is 30.9. The van der Waals surface area contributed by atoms with Crippen LogP contribution in [-0.2, 0) is 19.1 Å². The maximum Gasteiger partial charge on any atom is 0.306 e. The molecule has 46 heavy (non-hydrogen) atoms. The van der Waals surface area contributed by atoms with Crippen LogP contribution in [0.15, 0.2) is 23.3 Å². The topological polar surface area (TPSA) is 84.2 Å². The van der Waals surface area contributed by atoms with E-state index in [9.17, 15) is 19.6 Å². The van der Waals surface area contributed by atoms with Crippen LogP contribution in [0.3, 0.4) is 0 Å². The van der Waals surface area contributed by atoms with E-state index in [1.807, 2.05) is 26.0 Å². The van der Waals surface area contributed by atoms with Gasteiger partial charge in [0.1, 0.15) is 12.2 Å². The molecule has 0 aromatic rings. The van der Waals surface area contributed by atoms with E-state index < -0.39 is 10.8 Å². The summed E-state index contributed by atoms with van der Waals surface area (Å²) in [6, 6.07) is 2.20. The highest BCUT2D eigenvalue weighted by Crippen LogP contribution is 2.67. The fourth-order valence-electron chi connectivity index (χ4n) is 10.6. The van der Waals surface area contributed by atoms with Crippen LogP contribution in [-0.4, -0.2) is 23.6 Å². The van der Waals surface area contributed by atoms with Gasteiger partial charge in [-0.3, -0.25) is 14.4 Å². The first-order valence-electron chi connectivity index (χ1n) is 18.3. The van der Waals surface area contributed by atoms with Crippen molar-refractivity contribution < 1.29 is 19.1 Å². The molecule has 1 unspecified atom stereocenters. The number of esters is 1. The highest BCUT2D eigenvalue weighted by atomic mass is 16.5. The molecule has 0 aromatic carbocycles. The molecule has 0 saturated heterocycles. The van der Waals surface area contributed by atoms with Crippen molar-refractivity contribution in [2.24, 2.45) is 44.3 Å². The first-order valence-corrected chi connectivity index (χ1v) is 18.3. The minimum absolute atomic E-state index is 0.0107. The van der Waals surface area contributed by atoms with Gasteiger partial charge in [0.15, 0.2) is 11.6 Å². The van der Waals surface area contributed by atoms with E-state index in [0.717, 1.165) is 82.6 Å². The number of rotatable bonds is 9. The highest BCUT2D eigenvalue weighted by Gasteiger charge is 2.61. The van der Waals surface area contributed by atoms with Gasteiger partial charge in [-0.2, -0.15) is 5.26 Å². The van der Waals surface area contributed by atoms with E-state index in [4.69, 9.17) is 4.74 Å². The Morgan fingerprint density at radius 2 is 1.65 bits per heavy atom. The predicted molar refractivity (Wildman–Crippen MR) is 185 cm³/mol. The molecule has 0 spiro atoms. The van der Waals surface area contributed by atoms with Crippen molar-refractivity contribution in [2.75, 3.05) is 0 Å². The van der Waals surface area contributed by atoms with E-state index in [-0.39, 0.29) is 51.4 Å². The van der Waals surface area contributed by atoms with Crippen molar-refractivity contribution in [1.82, 2.24) is 0 Å². The summed E-state index contributed by atoms with van der Waals surface area (Å²) < 4.78 is 5.98. The number of ketones is 2. The third-order valence-electron chi connectivity index (χ3n) is 14.1. The van der Waals surface area contributed by atoms with Gasteiger partial charge in [0.05, 0.1) is 5.57 Å². The van der Waals surface area contributed by atoms with Crippen molar-refractivity contribution in [3.05, 3.63) is 23.3 Å². The van der Waals surface area contributed by atoms with Crippen LogP contribution < -0.4 is 0 Å². The lowest BCUT2D eigenvalue weighted by Gasteiger charge is -2.61. The summed E-state index contributed by atoms with van der Waals surface area (Å²) in [5.41, 5.74) is -0.0756. The maximum absolute atomic E-state index is 13.4. The van der Waals surface area contributed by atoms with Gasteiger partial charge in [0.25, 0.3) is 0 Å². The SMILES string of the molecule is CC(=O)/C=C1/[C@@]2(C)C=C(C#N)C(=O)C(C)(C)[C@@H]2CC[C@@]1(C)C(C)(C)CC[C@@]1(CCC(=O)OC2CCCCC2)CCC(C)(C)CC1C. The minimum atomic E-state index is -0.684. The van der Waals surface area contributed by atoms with Gasteiger partial charge in [0, 0.05) is 17.3 Å². The monoisotopic (exact) mass is 633 g/mol. The Bertz CT molecular complexity index is 1300. The number of allylic oxidation sites excluding steroid dienone is 4. The molecule has 0 aliphatic heterocycles. The lowest BCUT2D eigenvalue weighted by molar-refractivity contribution is -0.152. The summed E-state index contributed by atoms with van der Waals surface area (Å²) in [5.74, 6) is 0.412. The van der Waals surface area contributed by atoms with Crippen LogP contribution in [0, 0.1) is 55.7 Å². The molecular formula is C41H63NO4. The fraction of sp³-hybridized carbons (Fsp3) is 0.805. The lowest BCUT2D eigenvalue weighted by Crippen LogP contribution is -2.56. The summed E-state index contributed by atoms with van der Waals surface area (Å²) in [5, 5.41) is 10.00. The van der Waals surface area contributed by atoms with Crippen molar-refractivity contribution in [1.29, 1.82) is 5.26 Å². The summed E-state index contributed by atoms with van der Waals surface area (Å²) >= 11 is 0. The molecular weight excluding hydrogens is 570 g/mol. The molecule has 5 atom stereocenters. The van der Waals surface area contributed by atoms with Crippen LogP contribution in [0.25, 0.3) is 0 Å². The van der Waals surface area contributed by atoms with Gasteiger partial charge in [-0.05, 0) is 124 Å². The molecule has 0 N–H and O–H groups in total. The van der Waals surface area contributed by atoms with Gasteiger partial charge in [0.2, 0.25) is 0 Å². The lowest BCUT2D eigenvalue weighted by atomic mass is 9.42. The van der Waals surface area contributed by atoms with E-state index >= 15 is 0 Å². The van der Waals surface area contributed by atoms with E-state index in [0.29, 0.717) is 17.8 Å². The Morgan fingerprint density at radius 1 is 1.00 bits per heavy atom. The first kappa shape index (κ1) is 36.6. The number of fused-ring (bicyclic) bond motifs is 1. The molecule has 3 saturated carbocycles. The Kier molecular flexibility index (Phi) is 10.4. The van der Waals surface area contributed by atoms with Crippen molar-refractivity contribution in [3.8, 4) is 6.07 Å². The van der Waals surface area contributed by atoms with Gasteiger partial charge < -0.3 is 4.74 Å². The maximum atomic E-state index is 13.4. The van der Waals surface area contributed by atoms with Crippen LogP contribution in [0.1, 0.15) is 159 Å². The molecule has 0 radical (unpaired) electrons. The number of carbonyl (C=O) groups excluding carboxylic acids is 3. The molecule has 256 valence electrons. The normalized spacial score (nSPS) is 35.5. The highest BCUT2D eigenvalue weighted by molar-refractivity contribution is 6.04. The average Bonchev–Trinajstić information content (AvgIpc) is 2.96. The van der Waals surface area contributed by atoms with Gasteiger partial charge in [-0.15, -0.1) is 0 Å². The van der Waals surface area contributed by atoms with Crippen molar-refractivity contribution >= 4 is 17.5 Å². The fourth-order valence-corrected chi connectivity index (χ4v) is 10.6. The van der Waals surface area contributed by atoms with Crippen LogP contribution in [0.4, 0.5) is 0 Å². The molecule has 5 heteroatoms. The molecule has 5 nitrogen and oxygen atoms in total. The number of ether oxygens (including phenoxy) is 1. The van der Waals surface area contributed by atoms with E-state index in [1.165, 1.54) is 6.42 Å². The molecule has 0 amide bonds. The summed E-state index contributed by atoms with van der Waals surface area (Å²) in [6.45, 7) is 22.0. The zero-order chi connectivity index (χ0) is 34.3. The number of carbonyl (C=O) groups is 3. The zero-order valence-electron chi connectivity index (χ0n) is 30.9. The minimum Gasteiger partial charge on any atom is -0.462 e. The Balaban J connectivity index is 1.64. The molecule has 0 bridgehead atoms. The van der Waals surface area contributed by atoms with Crippen LogP contribution in [0.2, 0.25) is 0 Å². The Hall–Kier alpha value is -2.22. The van der Waals surface area contributed by atoms with Crippen molar-refractivity contribution in [3.63, 3.8) is 0 Å². The second-order valence-corrected chi connectivity index (χ2v) is 18.4. The third kappa shape index (κ3) is 6.84. The molecule has 4 rings (SSSR count). The number of hydrogen-bond donors (Lipinski definition) is 0. The molecule has 3 fully saturated rings. The number of nitrogens with zero attached hydrogens (tertiary/aromatic N) is 1. The largest absolute Gasteiger partial charge is 0.462 e. The first-order chi connectivity index (χ1) is 21.2. The summed E-state index contributed by atoms with van der Waals surface area (Å²) in [7, 11) is 0. The van der Waals surface area contributed by atoms with Crippen LogP contribution >= 0.6 is 0 Å². The number of nitriles is 1. The molecule has 0 heterocycles. The van der Waals surface area contributed by atoms with Crippen LogP contribution in [0.5, 0.6) is 0 Å². The van der Waals surface area contributed by atoms with Crippen molar-refractivity contribution in [2.45, 2.75) is 165 Å².